The summed E-state index contributed by atoms with van der Waals surface area (Å²) in [5, 5.41) is 3.47. The highest BCUT2D eigenvalue weighted by Crippen LogP contribution is 2.18. The molecule has 0 aromatic heterocycles. The van der Waals surface area contributed by atoms with E-state index in [4.69, 9.17) is 17.3 Å². The highest BCUT2D eigenvalue weighted by molar-refractivity contribution is 6.30. The van der Waals surface area contributed by atoms with Gasteiger partial charge in [0.15, 0.2) is 0 Å². The fourth-order valence-corrected chi connectivity index (χ4v) is 1.85. The van der Waals surface area contributed by atoms with Crippen LogP contribution in [0.4, 0.5) is 5.69 Å². The Hall–Kier alpha value is -1.26. The summed E-state index contributed by atoms with van der Waals surface area (Å²) in [6.45, 7) is 4.85. The Morgan fingerprint density at radius 1 is 1.50 bits per heavy atom. The van der Waals surface area contributed by atoms with Crippen molar-refractivity contribution < 1.29 is 4.79 Å². The second kappa shape index (κ2) is 6.61. The number of carbonyl (C=O) groups excluding carboxylic acids is 1. The van der Waals surface area contributed by atoms with Crippen molar-refractivity contribution in [1.82, 2.24) is 10.2 Å². The predicted molar refractivity (Wildman–Crippen MR) is 75.5 cm³/mol. The van der Waals surface area contributed by atoms with E-state index in [-0.39, 0.29) is 11.9 Å². The van der Waals surface area contributed by atoms with Crippen molar-refractivity contribution in [1.29, 1.82) is 0 Å². The number of nitrogens with zero attached hydrogens (tertiary/aromatic N) is 1. The van der Waals surface area contributed by atoms with E-state index < -0.39 is 0 Å². The monoisotopic (exact) mass is 269 g/mol. The van der Waals surface area contributed by atoms with Crippen molar-refractivity contribution in [2.45, 2.75) is 26.4 Å². The number of nitrogens with two attached hydrogens (primary N) is 1. The van der Waals surface area contributed by atoms with Crippen LogP contribution in [0.15, 0.2) is 18.2 Å². The highest BCUT2D eigenvalue weighted by atomic mass is 35.5. The van der Waals surface area contributed by atoms with E-state index in [0.717, 1.165) is 5.56 Å². The standard InChI is InChI=1S/C13H20ClN3O/c1-9(2)16-13(18)8-17(3)7-10-4-5-11(14)6-12(10)15/h4-6,9H,7-8,15H2,1-3H3,(H,16,18). The quantitative estimate of drug-likeness (QED) is 0.803. The first kappa shape index (κ1) is 14.8. The smallest absolute Gasteiger partial charge is 0.234 e. The Bertz CT molecular complexity index is 421. The van der Waals surface area contributed by atoms with Gasteiger partial charge in [-0.1, -0.05) is 17.7 Å². The molecule has 18 heavy (non-hydrogen) atoms. The van der Waals surface area contributed by atoms with Crippen LogP contribution in [0.25, 0.3) is 0 Å². The van der Waals surface area contributed by atoms with Gasteiger partial charge in [0.2, 0.25) is 5.91 Å². The van der Waals surface area contributed by atoms with Gasteiger partial charge in [-0.05, 0) is 38.6 Å². The van der Waals surface area contributed by atoms with Gasteiger partial charge in [0.1, 0.15) is 0 Å². The predicted octanol–water partition coefficient (Wildman–Crippen LogP) is 1.88. The molecule has 0 saturated carbocycles. The van der Waals surface area contributed by atoms with Crippen molar-refractivity contribution in [3.63, 3.8) is 0 Å². The molecule has 0 aliphatic heterocycles. The molecule has 0 aliphatic carbocycles. The number of halogens is 1. The lowest BCUT2D eigenvalue weighted by atomic mass is 10.1. The van der Waals surface area contributed by atoms with Crippen molar-refractivity contribution in [2.75, 3.05) is 19.3 Å². The largest absolute Gasteiger partial charge is 0.398 e. The molecule has 4 nitrogen and oxygen atoms in total. The molecule has 1 amide bonds. The third-order valence-electron chi connectivity index (χ3n) is 2.41. The Morgan fingerprint density at radius 2 is 2.17 bits per heavy atom. The molecule has 1 aromatic rings. The minimum Gasteiger partial charge on any atom is -0.398 e. The summed E-state index contributed by atoms with van der Waals surface area (Å²) in [6.07, 6.45) is 0. The van der Waals surface area contributed by atoms with E-state index in [1.807, 2.05) is 31.9 Å². The van der Waals surface area contributed by atoms with Crippen LogP contribution in [-0.4, -0.2) is 30.4 Å². The van der Waals surface area contributed by atoms with Crippen LogP contribution >= 0.6 is 11.6 Å². The Morgan fingerprint density at radius 3 is 2.72 bits per heavy atom. The zero-order valence-corrected chi connectivity index (χ0v) is 11.8. The molecular formula is C13H20ClN3O. The van der Waals surface area contributed by atoms with Crippen molar-refractivity contribution in [2.24, 2.45) is 0 Å². The molecule has 0 bridgehead atoms. The molecule has 0 unspecified atom stereocenters. The summed E-state index contributed by atoms with van der Waals surface area (Å²) >= 11 is 5.84. The molecular weight excluding hydrogens is 250 g/mol. The fraction of sp³-hybridized carbons (Fsp3) is 0.462. The molecule has 0 heterocycles. The second-order valence-electron chi connectivity index (χ2n) is 4.74. The van der Waals surface area contributed by atoms with Crippen molar-refractivity contribution in [3.05, 3.63) is 28.8 Å². The van der Waals surface area contributed by atoms with E-state index in [1.54, 1.807) is 12.1 Å². The lowest BCUT2D eigenvalue weighted by molar-refractivity contribution is -0.122. The summed E-state index contributed by atoms with van der Waals surface area (Å²) < 4.78 is 0. The maximum absolute atomic E-state index is 11.6. The summed E-state index contributed by atoms with van der Waals surface area (Å²) in [6, 6.07) is 5.56. The Kier molecular flexibility index (Phi) is 5.44. The number of nitrogen functional groups attached to an aromatic ring is 1. The average molecular weight is 270 g/mol. The van der Waals surface area contributed by atoms with Gasteiger partial charge in [0.25, 0.3) is 0 Å². The number of hydrogen-bond donors (Lipinski definition) is 2. The SMILES string of the molecule is CC(C)NC(=O)CN(C)Cc1ccc(Cl)cc1N. The van der Waals surface area contributed by atoms with Crippen LogP contribution < -0.4 is 11.1 Å². The maximum Gasteiger partial charge on any atom is 0.234 e. The molecule has 0 saturated heterocycles. The van der Waals surface area contributed by atoms with Crippen LogP contribution in [0.2, 0.25) is 5.02 Å². The van der Waals surface area contributed by atoms with Gasteiger partial charge in [-0.15, -0.1) is 0 Å². The van der Waals surface area contributed by atoms with Crippen LogP contribution in [0.5, 0.6) is 0 Å². The minimum absolute atomic E-state index is 0.0139. The number of benzene rings is 1. The summed E-state index contributed by atoms with van der Waals surface area (Å²) in [5.41, 5.74) is 7.49. The van der Waals surface area contributed by atoms with E-state index >= 15 is 0 Å². The minimum atomic E-state index is 0.0139. The van der Waals surface area contributed by atoms with Gasteiger partial charge in [-0.25, -0.2) is 0 Å². The first-order valence-electron chi connectivity index (χ1n) is 5.90. The lowest BCUT2D eigenvalue weighted by Gasteiger charge is -2.18. The average Bonchev–Trinajstić information content (AvgIpc) is 2.20. The topological polar surface area (TPSA) is 58.4 Å². The molecule has 0 aliphatic rings. The normalized spacial score (nSPS) is 11.0. The van der Waals surface area contributed by atoms with E-state index in [1.165, 1.54) is 0 Å². The Labute approximate surface area is 113 Å². The zero-order valence-electron chi connectivity index (χ0n) is 11.0. The van der Waals surface area contributed by atoms with Crippen LogP contribution in [0, 0.1) is 0 Å². The second-order valence-corrected chi connectivity index (χ2v) is 5.17. The number of amides is 1. The van der Waals surface area contributed by atoms with Crippen LogP contribution in [0.3, 0.4) is 0 Å². The molecule has 1 aromatic carbocycles. The fourth-order valence-electron chi connectivity index (χ4n) is 1.67. The van der Waals surface area contributed by atoms with Gasteiger partial charge in [0, 0.05) is 23.3 Å². The highest BCUT2D eigenvalue weighted by Gasteiger charge is 2.09. The number of carbonyl (C=O) groups is 1. The van der Waals surface area contributed by atoms with Gasteiger partial charge in [-0.2, -0.15) is 0 Å². The molecule has 0 spiro atoms. The number of likely N-dealkylation sites (N-methyl/N-ethyl adjacent to an activating group) is 1. The number of nitrogens with one attached hydrogen (secondary N) is 1. The van der Waals surface area contributed by atoms with E-state index in [2.05, 4.69) is 5.32 Å². The summed E-state index contributed by atoms with van der Waals surface area (Å²) in [5.74, 6) is 0.0139. The van der Waals surface area contributed by atoms with Gasteiger partial charge < -0.3 is 11.1 Å². The molecule has 1 rings (SSSR count). The molecule has 0 fully saturated rings. The van der Waals surface area contributed by atoms with E-state index in [0.29, 0.717) is 23.8 Å². The van der Waals surface area contributed by atoms with Gasteiger partial charge >= 0.3 is 0 Å². The molecule has 100 valence electrons. The van der Waals surface area contributed by atoms with Crippen molar-refractivity contribution in [3.8, 4) is 0 Å². The Balaban J connectivity index is 2.54. The summed E-state index contributed by atoms with van der Waals surface area (Å²) in [4.78, 5) is 13.5. The molecule has 3 N–H and O–H groups in total. The van der Waals surface area contributed by atoms with Gasteiger partial charge in [0.05, 0.1) is 6.54 Å². The van der Waals surface area contributed by atoms with Crippen molar-refractivity contribution >= 4 is 23.2 Å². The van der Waals surface area contributed by atoms with Gasteiger partial charge in [-0.3, -0.25) is 9.69 Å². The van der Waals surface area contributed by atoms with E-state index in [9.17, 15) is 4.79 Å². The zero-order chi connectivity index (χ0) is 13.7. The molecule has 5 heteroatoms. The third kappa shape index (κ3) is 4.94. The first-order valence-corrected chi connectivity index (χ1v) is 6.28. The molecule has 0 atom stereocenters. The maximum atomic E-state index is 11.6. The number of rotatable bonds is 5. The number of hydrogen-bond acceptors (Lipinski definition) is 3. The first-order chi connectivity index (χ1) is 8.38. The van der Waals surface area contributed by atoms with Crippen LogP contribution in [0.1, 0.15) is 19.4 Å². The molecule has 0 radical (unpaired) electrons. The number of anilines is 1. The lowest BCUT2D eigenvalue weighted by Crippen LogP contribution is -2.38. The third-order valence-corrected chi connectivity index (χ3v) is 2.65. The summed E-state index contributed by atoms with van der Waals surface area (Å²) in [7, 11) is 1.88. The van der Waals surface area contributed by atoms with Crippen LogP contribution in [-0.2, 0) is 11.3 Å².